The highest BCUT2D eigenvalue weighted by Crippen LogP contribution is 2.28. The van der Waals surface area contributed by atoms with E-state index in [2.05, 4.69) is 53.6 Å². The molecule has 34 heavy (non-hydrogen) atoms. The first-order valence-electron chi connectivity index (χ1n) is 11.1. The predicted octanol–water partition coefficient (Wildman–Crippen LogP) is 3.47. The summed E-state index contributed by atoms with van der Waals surface area (Å²) in [4.78, 5) is 15.7. The van der Waals surface area contributed by atoms with Crippen LogP contribution in [0.3, 0.4) is 0 Å². The van der Waals surface area contributed by atoms with Crippen LogP contribution in [0, 0.1) is 11.3 Å². The van der Waals surface area contributed by atoms with Gasteiger partial charge in [-0.25, -0.2) is 4.98 Å². The van der Waals surface area contributed by atoms with Crippen LogP contribution >= 0.6 is 0 Å². The molecular formula is C25H24N8O. The number of hydrogen-bond acceptors (Lipinski definition) is 9. The molecule has 1 saturated heterocycles. The van der Waals surface area contributed by atoms with E-state index in [1.54, 1.807) is 18.6 Å². The number of pyridine rings is 1. The zero-order valence-corrected chi connectivity index (χ0v) is 19.1. The zero-order valence-electron chi connectivity index (χ0n) is 19.1. The summed E-state index contributed by atoms with van der Waals surface area (Å²) in [6.07, 6.45) is 4.93. The third-order valence-corrected chi connectivity index (χ3v) is 5.85. The first-order chi connectivity index (χ1) is 16.5. The first-order valence-corrected chi connectivity index (χ1v) is 11.1. The zero-order chi connectivity index (χ0) is 23.5. The summed E-state index contributed by atoms with van der Waals surface area (Å²) in [7, 11) is 0. The Hall–Kier alpha value is -4.16. The molecule has 0 bridgehead atoms. The number of anilines is 1. The SMILES string of the molecule is CC(C)(C#N)c1cc(-c2cncc(-c3nnc(-c4ccc(N5CCNCC5)cc4)o3)n2)ccn1. The van der Waals surface area contributed by atoms with E-state index < -0.39 is 5.41 Å². The molecule has 1 N–H and O–H groups in total. The van der Waals surface area contributed by atoms with Crippen LogP contribution in [0.4, 0.5) is 5.69 Å². The Balaban J connectivity index is 1.39. The second kappa shape index (κ2) is 9.00. The van der Waals surface area contributed by atoms with Crippen molar-refractivity contribution in [3.05, 3.63) is 60.7 Å². The highest BCUT2D eigenvalue weighted by Gasteiger charge is 2.22. The van der Waals surface area contributed by atoms with Crippen molar-refractivity contribution >= 4 is 5.69 Å². The molecule has 4 aromatic rings. The molecule has 0 spiro atoms. The Kier molecular flexibility index (Phi) is 5.74. The van der Waals surface area contributed by atoms with Gasteiger partial charge in [0.1, 0.15) is 5.69 Å². The molecular weight excluding hydrogens is 428 g/mol. The van der Waals surface area contributed by atoms with E-state index in [9.17, 15) is 5.26 Å². The second-order valence-electron chi connectivity index (χ2n) is 8.65. The molecule has 1 fully saturated rings. The minimum atomic E-state index is -0.705. The topological polar surface area (TPSA) is 117 Å². The second-order valence-corrected chi connectivity index (χ2v) is 8.65. The van der Waals surface area contributed by atoms with Crippen molar-refractivity contribution in [2.75, 3.05) is 31.1 Å². The van der Waals surface area contributed by atoms with Crippen molar-refractivity contribution in [2.45, 2.75) is 19.3 Å². The van der Waals surface area contributed by atoms with Gasteiger partial charge in [-0.1, -0.05) is 0 Å². The fourth-order valence-electron chi connectivity index (χ4n) is 3.78. The molecule has 5 rings (SSSR count). The van der Waals surface area contributed by atoms with E-state index in [0.717, 1.165) is 37.3 Å². The molecule has 9 nitrogen and oxygen atoms in total. The highest BCUT2D eigenvalue weighted by molar-refractivity contribution is 5.63. The summed E-state index contributed by atoms with van der Waals surface area (Å²) in [6, 6.07) is 14.1. The van der Waals surface area contributed by atoms with Gasteiger partial charge in [-0.05, 0) is 50.2 Å². The van der Waals surface area contributed by atoms with Gasteiger partial charge >= 0.3 is 0 Å². The van der Waals surface area contributed by atoms with Gasteiger partial charge in [0.2, 0.25) is 5.89 Å². The van der Waals surface area contributed by atoms with Crippen LogP contribution in [0.1, 0.15) is 19.5 Å². The third-order valence-electron chi connectivity index (χ3n) is 5.85. The molecule has 9 heteroatoms. The fourth-order valence-corrected chi connectivity index (χ4v) is 3.78. The van der Waals surface area contributed by atoms with E-state index in [1.807, 2.05) is 38.1 Å². The lowest BCUT2D eigenvalue weighted by molar-refractivity contribution is 0.581. The van der Waals surface area contributed by atoms with Crippen LogP contribution in [0.2, 0.25) is 0 Å². The summed E-state index contributed by atoms with van der Waals surface area (Å²) in [6.45, 7) is 7.63. The number of benzene rings is 1. The Morgan fingerprint density at radius 2 is 1.71 bits per heavy atom. The number of hydrogen-bond donors (Lipinski definition) is 1. The normalized spacial score (nSPS) is 14.1. The Morgan fingerprint density at radius 1 is 0.971 bits per heavy atom. The van der Waals surface area contributed by atoms with Gasteiger partial charge in [-0.3, -0.25) is 9.97 Å². The fraction of sp³-hybridized carbons (Fsp3) is 0.280. The van der Waals surface area contributed by atoms with Crippen LogP contribution in [0.5, 0.6) is 0 Å². The number of nitrogens with zero attached hydrogens (tertiary/aromatic N) is 7. The molecule has 3 aromatic heterocycles. The van der Waals surface area contributed by atoms with Crippen molar-refractivity contribution in [1.29, 1.82) is 5.26 Å². The third kappa shape index (κ3) is 4.36. The minimum absolute atomic E-state index is 0.294. The Bertz CT molecular complexity index is 1330. The quantitative estimate of drug-likeness (QED) is 0.486. The maximum Gasteiger partial charge on any atom is 0.268 e. The largest absolute Gasteiger partial charge is 0.415 e. The number of nitrogens with one attached hydrogen (secondary N) is 1. The lowest BCUT2D eigenvalue weighted by Crippen LogP contribution is -2.43. The molecule has 0 radical (unpaired) electrons. The lowest BCUT2D eigenvalue weighted by Gasteiger charge is -2.29. The van der Waals surface area contributed by atoms with Gasteiger partial charge in [-0.15, -0.1) is 10.2 Å². The summed E-state index contributed by atoms with van der Waals surface area (Å²) in [5.74, 6) is 0.721. The maximum absolute atomic E-state index is 9.43. The molecule has 0 aliphatic carbocycles. The standard InChI is InChI=1S/C25H24N8O/c1-25(2,16-26)22-13-18(7-8-29-22)20-14-28-15-21(30-20)24-32-31-23(34-24)17-3-5-19(6-4-17)33-11-9-27-10-12-33/h3-8,13-15,27H,9-12H2,1-2H3. The van der Waals surface area contributed by atoms with Crippen LogP contribution in [-0.2, 0) is 5.41 Å². The van der Waals surface area contributed by atoms with Gasteiger partial charge < -0.3 is 14.6 Å². The number of piperazine rings is 1. The van der Waals surface area contributed by atoms with Crippen LogP contribution in [-0.4, -0.2) is 51.3 Å². The molecule has 0 amide bonds. The Labute approximate surface area is 197 Å². The maximum atomic E-state index is 9.43. The van der Waals surface area contributed by atoms with Crippen LogP contribution in [0.15, 0.2) is 59.4 Å². The molecule has 170 valence electrons. The Morgan fingerprint density at radius 3 is 2.47 bits per heavy atom. The number of rotatable bonds is 5. The molecule has 4 heterocycles. The van der Waals surface area contributed by atoms with Crippen molar-refractivity contribution in [1.82, 2.24) is 30.5 Å². The van der Waals surface area contributed by atoms with Gasteiger partial charge in [0, 0.05) is 49.2 Å². The summed E-state index contributed by atoms with van der Waals surface area (Å²) in [5.41, 5.74) is 3.92. The number of nitriles is 1. The van der Waals surface area contributed by atoms with E-state index >= 15 is 0 Å². The smallest absolute Gasteiger partial charge is 0.268 e. The van der Waals surface area contributed by atoms with E-state index in [1.165, 1.54) is 5.69 Å². The van der Waals surface area contributed by atoms with Crippen LogP contribution in [0.25, 0.3) is 34.3 Å². The summed E-state index contributed by atoms with van der Waals surface area (Å²) < 4.78 is 5.92. The molecule has 1 aliphatic heterocycles. The molecule has 1 aliphatic rings. The van der Waals surface area contributed by atoms with Gasteiger partial charge in [-0.2, -0.15) is 5.26 Å². The summed E-state index contributed by atoms with van der Waals surface area (Å²) in [5, 5.41) is 21.2. The highest BCUT2D eigenvalue weighted by atomic mass is 16.4. The molecule has 1 aromatic carbocycles. The minimum Gasteiger partial charge on any atom is -0.415 e. The molecule has 0 unspecified atom stereocenters. The van der Waals surface area contributed by atoms with E-state index in [-0.39, 0.29) is 0 Å². The van der Waals surface area contributed by atoms with E-state index in [0.29, 0.717) is 28.9 Å². The average molecular weight is 453 g/mol. The van der Waals surface area contributed by atoms with Gasteiger partial charge in [0.25, 0.3) is 5.89 Å². The monoisotopic (exact) mass is 452 g/mol. The van der Waals surface area contributed by atoms with Crippen molar-refractivity contribution in [3.8, 4) is 40.4 Å². The number of aromatic nitrogens is 5. The predicted molar refractivity (Wildman–Crippen MR) is 128 cm³/mol. The first kappa shape index (κ1) is 21.7. The lowest BCUT2D eigenvalue weighted by atomic mass is 9.90. The van der Waals surface area contributed by atoms with Crippen molar-refractivity contribution < 1.29 is 4.42 Å². The molecule has 0 saturated carbocycles. The van der Waals surface area contributed by atoms with Gasteiger partial charge in [0.05, 0.1) is 35.3 Å². The van der Waals surface area contributed by atoms with Gasteiger partial charge in [0.15, 0.2) is 0 Å². The van der Waals surface area contributed by atoms with Crippen molar-refractivity contribution in [2.24, 2.45) is 0 Å². The average Bonchev–Trinajstić information content (AvgIpc) is 3.40. The molecule has 0 atom stereocenters. The van der Waals surface area contributed by atoms with Crippen molar-refractivity contribution in [3.63, 3.8) is 0 Å². The van der Waals surface area contributed by atoms with E-state index in [4.69, 9.17) is 4.42 Å². The van der Waals surface area contributed by atoms with Crippen LogP contribution < -0.4 is 10.2 Å². The summed E-state index contributed by atoms with van der Waals surface area (Å²) >= 11 is 0.